The second-order valence-electron chi connectivity index (χ2n) is 6.20. The SMILES string of the molecule is CC(C)c1ccc(C(O)CNC2CCCS(=O)(=O)C2)cc1. The minimum atomic E-state index is -2.90. The molecule has 2 unspecified atom stereocenters. The van der Waals surface area contributed by atoms with E-state index in [0.29, 0.717) is 24.6 Å². The van der Waals surface area contributed by atoms with Gasteiger partial charge in [0.2, 0.25) is 0 Å². The lowest BCUT2D eigenvalue weighted by atomic mass is 10.00. The molecule has 5 heteroatoms. The quantitative estimate of drug-likeness (QED) is 0.873. The van der Waals surface area contributed by atoms with Crippen molar-refractivity contribution in [3.05, 3.63) is 35.4 Å². The summed E-state index contributed by atoms with van der Waals surface area (Å²) in [6.07, 6.45) is 0.966. The summed E-state index contributed by atoms with van der Waals surface area (Å²) in [4.78, 5) is 0. The van der Waals surface area contributed by atoms with Crippen LogP contribution in [0.2, 0.25) is 0 Å². The minimum Gasteiger partial charge on any atom is -0.387 e. The molecule has 0 bridgehead atoms. The van der Waals surface area contributed by atoms with Crippen molar-refractivity contribution in [3.63, 3.8) is 0 Å². The number of aliphatic hydroxyl groups excluding tert-OH is 1. The van der Waals surface area contributed by atoms with Gasteiger partial charge in [-0.25, -0.2) is 8.42 Å². The molecule has 0 spiro atoms. The van der Waals surface area contributed by atoms with Gasteiger partial charge in [-0.1, -0.05) is 38.1 Å². The summed E-state index contributed by atoms with van der Waals surface area (Å²) >= 11 is 0. The Kier molecular flexibility index (Phi) is 5.41. The molecular weight excluding hydrogens is 286 g/mol. The second kappa shape index (κ2) is 6.90. The van der Waals surface area contributed by atoms with Crippen LogP contribution in [0.3, 0.4) is 0 Å². The molecule has 0 amide bonds. The van der Waals surface area contributed by atoms with Gasteiger partial charge < -0.3 is 10.4 Å². The van der Waals surface area contributed by atoms with Gasteiger partial charge in [-0.3, -0.25) is 0 Å². The van der Waals surface area contributed by atoms with Gasteiger partial charge in [0.15, 0.2) is 9.84 Å². The molecule has 0 radical (unpaired) electrons. The fourth-order valence-electron chi connectivity index (χ4n) is 2.68. The van der Waals surface area contributed by atoms with E-state index < -0.39 is 15.9 Å². The van der Waals surface area contributed by atoms with E-state index in [0.717, 1.165) is 12.0 Å². The number of rotatable bonds is 5. The molecular formula is C16H25NO3S. The highest BCUT2D eigenvalue weighted by atomic mass is 32.2. The average Bonchev–Trinajstić information content (AvgIpc) is 2.44. The number of benzene rings is 1. The summed E-state index contributed by atoms with van der Waals surface area (Å²) in [6.45, 7) is 4.66. The van der Waals surface area contributed by atoms with Crippen LogP contribution in [-0.2, 0) is 9.84 Å². The van der Waals surface area contributed by atoms with Crippen LogP contribution in [0.25, 0.3) is 0 Å². The van der Waals surface area contributed by atoms with Crippen molar-refractivity contribution >= 4 is 9.84 Å². The number of aliphatic hydroxyl groups is 1. The summed E-state index contributed by atoms with van der Waals surface area (Å²) in [5.41, 5.74) is 2.11. The van der Waals surface area contributed by atoms with E-state index in [1.165, 1.54) is 5.56 Å². The summed E-state index contributed by atoms with van der Waals surface area (Å²) in [7, 11) is -2.90. The fraction of sp³-hybridized carbons (Fsp3) is 0.625. The normalized spacial score (nSPS) is 23.1. The van der Waals surface area contributed by atoms with Crippen LogP contribution in [0, 0.1) is 0 Å². The van der Waals surface area contributed by atoms with E-state index in [4.69, 9.17) is 0 Å². The standard InChI is InChI=1S/C16H25NO3S/c1-12(2)13-5-7-14(8-6-13)16(18)10-17-15-4-3-9-21(19,20)11-15/h5-8,12,15-18H,3-4,9-11H2,1-2H3. The molecule has 2 atom stereocenters. The molecule has 1 fully saturated rings. The Morgan fingerprint density at radius 2 is 1.86 bits per heavy atom. The van der Waals surface area contributed by atoms with Gasteiger partial charge in [0.1, 0.15) is 0 Å². The Morgan fingerprint density at radius 3 is 2.43 bits per heavy atom. The van der Waals surface area contributed by atoms with Crippen LogP contribution in [0.15, 0.2) is 24.3 Å². The van der Waals surface area contributed by atoms with E-state index in [9.17, 15) is 13.5 Å². The number of hydrogen-bond acceptors (Lipinski definition) is 4. The third-order valence-electron chi connectivity index (χ3n) is 4.05. The molecule has 0 saturated carbocycles. The Morgan fingerprint density at radius 1 is 1.24 bits per heavy atom. The van der Waals surface area contributed by atoms with Crippen molar-refractivity contribution in [1.29, 1.82) is 0 Å². The fourth-order valence-corrected chi connectivity index (χ4v) is 4.35. The van der Waals surface area contributed by atoms with E-state index in [1.54, 1.807) is 0 Å². The highest BCUT2D eigenvalue weighted by molar-refractivity contribution is 7.91. The Bertz CT molecular complexity index is 551. The van der Waals surface area contributed by atoms with E-state index in [2.05, 4.69) is 19.2 Å². The average molecular weight is 311 g/mol. The van der Waals surface area contributed by atoms with Gasteiger partial charge in [0.05, 0.1) is 17.6 Å². The molecule has 2 rings (SSSR count). The summed E-state index contributed by atoms with van der Waals surface area (Å²) < 4.78 is 23.1. The van der Waals surface area contributed by atoms with Crippen molar-refractivity contribution in [2.24, 2.45) is 0 Å². The molecule has 1 aliphatic heterocycles. The third-order valence-corrected chi connectivity index (χ3v) is 5.87. The van der Waals surface area contributed by atoms with Crippen LogP contribution >= 0.6 is 0 Å². The molecule has 0 aliphatic carbocycles. The van der Waals surface area contributed by atoms with Gasteiger partial charge in [-0.15, -0.1) is 0 Å². The van der Waals surface area contributed by atoms with Crippen LogP contribution in [0.4, 0.5) is 0 Å². The zero-order chi connectivity index (χ0) is 15.5. The van der Waals surface area contributed by atoms with Crippen LogP contribution < -0.4 is 5.32 Å². The maximum absolute atomic E-state index is 11.6. The van der Waals surface area contributed by atoms with Crippen molar-refractivity contribution in [1.82, 2.24) is 5.32 Å². The first-order chi connectivity index (χ1) is 9.87. The van der Waals surface area contributed by atoms with Gasteiger partial charge in [-0.2, -0.15) is 0 Å². The zero-order valence-corrected chi connectivity index (χ0v) is 13.6. The second-order valence-corrected chi connectivity index (χ2v) is 8.43. The molecule has 0 aromatic heterocycles. The lowest BCUT2D eigenvalue weighted by Gasteiger charge is -2.24. The smallest absolute Gasteiger partial charge is 0.151 e. The predicted molar refractivity (Wildman–Crippen MR) is 85.2 cm³/mol. The summed E-state index contributed by atoms with van der Waals surface area (Å²) in [6, 6.07) is 7.93. The van der Waals surface area contributed by atoms with E-state index in [1.807, 2.05) is 24.3 Å². The molecule has 1 saturated heterocycles. The Labute approximate surface area is 127 Å². The molecule has 4 nitrogen and oxygen atoms in total. The topological polar surface area (TPSA) is 66.4 Å². The molecule has 1 aromatic carbocycles. The highest BCUT2D eigenvalue weighted by Crippen LogP contribution is 2.19. The lowest BCUT2D eigenvalue weighted by molar-refractivity contribution is 0.170. The minimum absolute atomic E-state index is 0.0339. The first-order valence-corrected chi connectivity index (χ1v) is 9.41. The van der Waals surface area contributed by atoms with E-state index in [-0.39, 0.29) is 11.8 Å². The van der Waals surface area contributed by atoms with Crippen LogP contribution in [-0.4, -0.2) is 37.6 Å². The van der Waals surface area contributed by atoms with Gasteiger partial charge >= 0.3 is 0 Å². The predicted octanol–water partition coefficient (Wildman–Crippen LogP) is 2.01. The number of sulfone groups is 1. The maximum Gasteiger partial charge on any atom is 0.151 e. The zero-order valence-electron chi connectivity index (χ0n) is 12.7. The lowest BCUT2D eigenvalue weighted by Crippen LogP contribution is -2.41. The van der Waals surface area contributed by atoms with Gasteiger partial charge in [0, 0.05) is 12.6 Å². The van der Waals surface area contributed by atoms with Crippen LogP contribution in [0.1, 0.15) is 49.8 Å². The maximum atomic E-state index is 11.6. The van der Waals surface area contributed by atoms with Gasteiger partial charge in [0.25, 0.3) is 0 Å². The Balaban J connectivity index is 1.88. The van der Waals surface area contributed by atoms with Crippen molar-refractivity contribution in [2.75, 3.05) is 18.1 Å². The molecule has 21 heavy (non-hydrogen) atoms. The first-order valence-electron chi connectivity index (χ1n) is 7.59. The molecule has 118 valence electrons. The molecule has 2 N–H and O–H groups in total. The van der Waals surface area contributed by atoms with E-state index >= 15 is 0 Å². The third kappa shape index (κ3) is 4.80. The van der Waals surface area contributed by atoms with Crippen LogP contribution in [0.5, 0.6) is 0 Å². The Hall–Kier alpha value is -0.910. The first kappa shape index (κ1) is 16.5. The van der Waals surface area contributed by atoms with Crippen molar-refractivity contribution < 1.29 is 13.5 Å². The van der Waals surface area contributed by atoms with Gasteiger partial charge in [-0.05, 0) is 29.9 Å². The monoisotopic (exact) mass is 311 g/mol. The summed E-state index contributed by atoms with van der Waals surface area (Å²) in [5.74, 6) is 0.956. The molecule has 1 heterocycles. The largest absolute Gasteiger partial charge is 0.387 e. The highest BCUT2D eigenvalue weighted by Gasteiger charge is 2.24. The summed E-state index contributed by atoms with van der Waals surface area (Å²) in [5, 5.41) is 13.4. The molecule has 1 aromatic rings. The number of hydrogen-bond donors (Lipinski definition) is 2. The number of nitrogens with one attached hydrogen (secondary N) is 1. The van der Waals surface area contributed by atoms with Crippen molar-refractivity contribution in [3.8, 4) is 0 Å². The van der Waals surface area contributed by atoms with Crippen molar-refractivity contribution in [2.45, 2.75) is 44.8 Å². The molecule has 1 aliphatic rings.